The van der Waals surface area contributed by atoms with Crippen molar-refractivity contribution in [2.24, 2.45) is 5.73 Å². The summed E-state index contributed by atoms with van der Waals surface area (Å²) in [5.41, 5.74) is 12.9. The highest BCUT2D eigenvalue weighted by Crippen LogP contribution is 2.29. The fourth-order valence-electron chi connectivity index (χ4n) is 3.20. The summed E-state index contributed by atoms with van der Waals surface area (Å²) in [5.74, 6) is 0.205. The number of hydrogen-bond acceptors (Lipinski definition) is 4. The smallest absolute Gasteiger partial charge is 0.255 e. The number of ether oxygens (including phenoxy) is 1. The zero-order chi connectivity index (χ0) is 22.2. The summed E-state index contributed by atoms with van der Waals surface area (Å²) in [4.78, 5) is 10.6. The van der Waals surface area contributed by atoms with Crippen molar-refractivity contribution in [1.29, 1.82) is 5.41 Å². The first-order valence-corrected chi connectivity index (χ1v) is 10.1. The highest BCUT2D eigenvalue weighted by Gasteiger charge is 2.11. The van der Waals surface area contributed by atoms with Gasteiger partial charge in [-0.15, -0.1) is 0 Å². The van der Waals surface area contributed by atoms with Gasteiger partial charge in [-0.3, -0.25) is 4.79 Å². The molecule has 1 heterocycles. The maximum atomic E-state index is 10.6. The minimum atomic E-state index is -0.468. The predicted molar refractivity (Wildman–Crippen MR) is 127 cm³/mol. The van der Waals surface area contributed by atoms with Gasteiger partial charge in [-0.1, -0.05) is 60.7 Å². The number of fused-ring (bicyclic) bond motifs is 1. The van der Waals surface area contributed by atoms with Gasteiger partial charge in [-0.05, 0) is 60.2 Å². The van der Waals surface area contributed by atoms with Gasteiger partial charge in [0, 0.05) is 17.6 Å². The maximum absolute atomic E-state index is 10.6. The summed E-state index contributed by atoms with van der Waals surface area (Å²) in [7, 11) is 0. The average molecular weight is 414 g/mol. The lowest BCUT2D eigenvalue weighted by molar-refractivity contribution is -0.119. The van der Waals surface area contributed by atoms with E-state index in [0.29, 0.717) is 5.75 Å². The molecule has 0 aliphatic carbocycles. The number of hydrogen-bond donors (Lipinski definition) is 3. The Morgan fingerprint density at radius 3 is 2.32 bits per heavy atom. The molecule has 0 fully saturated rings. The molecular weight excluding hydrogens is 386 g/mol. The molecule has 0 atom stereocenters. The van der Waals surface area contributed by atoms with Crippen LogP contribution in [-0.4, -0.2) is 18.7 Å². The van der Waals surface area contributed by atoms with Gasteiger partial charge in [0.1, 0.15) is 5.75 Å². The van der Waals surface area contributed by atoms with E-state index >= 15 is 0 Å². The molecule has 5 heteroatoms. The van der Waals surface area contributed by atoms with Crippen molar-refractivity contribution in [2.45, 2.75) is 19.8 Å². The lowest BCUT2D eigenvalue weighted by Gasteiger charge is -2.20. The van der Waals surface area contributed by atoms with Crippen molar-refractivity contribution in [2.75, 3.05) is 11.9 Å². The van der Waals surface area contributed by atoms with E-state index < -0.39 is 5.91 Å². The van der Waals surface area contributed by atoms with Crippen LogP contribution < -0.4 is 15.8 Å². The number of carbonyl (C=O) groups is 1. The maximum Gasteiger partial charge on any atom is 0.255 e. The molecule has 31 heavy (non-hydrogen) atoms. The van der Waals surface area contributed by atoms with Crippen LogP contribution in [0.25, 0.3) is 11.1 Å². The molecule has 1 aliphatic heterocycles. The highest BCUT2D eigenvalue weighted by atomic mass is 16.5. The molecular formula is C26H27N3O2. The van der Waals surface area contributed by atoms with Crippen molar-refractivity contribution in [3.05, 3.63) is 95.7 Å². The SMILES string of the molecule is C=C1CCc2cc(OCC(N)=O)ccc2N1.Cc1ccc(-c2ccc(C=N)cc2)cc1. The third-order valence-electron chi connectivity index (χ3n) is 4.93. The van der Waals surface area contributed by atoms with Gasteiger partial charge >= 0.3 is 0 Å². The summed E-state index contributed by atoms with van der Waals surface area (Å²) in [6.07, 6.45) is 3.22. The van der Waals surface area contributed by atoms with Gasteiger partial charge in [-0.25, -0.2) is 0 Å². The molecule has 0 saturated heterocycles. The number of carbonyl (C=O) groups excluding carboxylic acids is 1. The van der Waals surface area contributed by atoms with E-state index in [-0.39, 0.29) is 6.61 Å². The lowest BCUT2D eigenvalue weighted by Crippen LogP contribution is -2.20. The number of rotatable bonds is 5. The number of aryl methyl sites for hydroxylation is 2. The molecule has 0 saturated carbocycles. The minimum Gasteiger partial charge on any atom is -0.484 e. The molecule has 0 aromatic heterocycles. The van der Waals surface area contributed by atoms with Crippen LogP contribution in [0.2, 0.25) is 0 Å². The Bertz CT molecular complexity index is 1070. The van der Waals surface area contributed by atoms with Crippen LogP contribution >= 0.6 is 0 Å². The van der Waals surface area contributed by atoms with Gasteiger partial charge in [0.15, 0.2) is 6.61 Å². The van der Waals surface area contributed by atoms with E-state index in [0.717, 1.165) is 29.8 Å². The average Bonchev–Trinajstić information content (AvgIpc) is 2.78. The number of primary amides is 1. The van der Waals surface area contributed by atoms with Gasteiger partial charge in [0.25, 0.3) is 5.91 Å². The number of amides is 1. The van der Waals surface area contributed by atoms with Crippen LogP contribution in [0.5, 0.6) is 5.75 Å². The normalized spacial score (nSPS) is 12.0. The van der Waals surface area contributed by atoms with E-state index in [4.69, 9.17) is 15.9 Å². The van der Waals surface area contributed by atoms with Crippen LogP contribution in [-0.2, 0) is 11.2 Å². The third-order valence-corrected chi connectivity index (χ3v) is 4.93. The van der Waals surface area contributed by atoms with Crippen LogP contribution in [0.1, 0.15) is 23.1 Å². The summed E-state index contributed by atoms with van der Waals surface area (Å²) in [6.45, 7) is 5.89. The van der Waals surface area contributed by atoms with E-state index in [1.807, 2.05) is 42.5 Å². The first-order valence-electron chi connectivity index (χ1n) is 10.1. The molecule has 3 aromatic rings. The number of nitrogens with two attached hydrogens (primary N) is 1. The van der Waals surface area contributed by atoms with Gasteiger partial charge < -0.3 is 21.2 Å². The van der Waals surface area contributed by atoms with Crippen LogP contribution in [0, 0.1) is 12.3 Å². The monoisotopic (exact) mass is 413 g/mol. The van der Waals surface area contributed by atoms with Gasteiger partial charge in [-0.2, -0.15) is 0 Å². The first-order chi connectivity index (χ1) is 14.9. The van der Waals surface area contributed by atoms with Crippen molar-refractivity contribution < 1.29 is 9.53 Å². The second-order valence-electron chi connectivity index (χ2n) is 7.43. The minimum absolute atomic E-state index is 0.0844. The third kappa shape index (κ3) is 6.31. The molecule has 4 rings (SSSR count). The van der Waals surface area contributed by atoms with Crippen LogP contribution in [0.3, 0.4) is 0 Å². The molecule has 0 unspecified atom stereocenters. The molecule has 0 spiro atoms. The number of benzene rings is 3. The number of allylic oxidation sites excluding steroid dienone is 1. The summed E-state index contributed by atoms with van der Waals surface area (Å²) in [6, 6.07) is 22.1. The summed E-state index contributed by atoms with van der Waals surface area (Å²) < 4.78 is 5.24. The summed E-state index contributed by atoms with van der Waals surface area (Å²) in [5, 5.41) is 10.3. The molecule has 0 radical (unpaired) electrons. The first kappa shape index (κ1) is 21.8. The molecule has 1 amide bonds. The van der Waals surface area contributed by atoms with Crippen LogP contribution in [0.4, 0.5) is 5.69 Å². The zero-order valence-corrected chi connectivity index (χ0v) is 17.7. The summed E-state index contributed by atoms with van der Waals surface area (Å²) >= 11 is 0. The Morgan fingerprint density at radius 1 is 1.06 bits per heavy atom. The Kier molecular flexibility index (Phi) is 7.22. The second-order valence-corrected chi connectivity index (χ2v) is 7.43. The fraction of sp³-hybridized carbons (Fsp3) is 0.154. The molecule has 0 bridgehead atoms. The predicted octanol–water partition coefficient (Wildman–Crippen LogP) is 5.08. The molecule has 158 valence electrons. The largest absolute Gasteiger partial charge is 0.484 e. The van der Waals surface area contributed by atoms with Gasteiger partial charge in [0.05, 0.1) is 0 Å². The molecule has 1 aliphatic rings. The molecule has 5 nitrogen and oxygen atoms in total. The zero-order valence-electron chi connectivity index (χ0n) is 17.7. The van der Waals surface area contributed by atoms with E-state index in [1.165, 1.54) is 28.5 Å². The van der Waals surface area contributed by atoms with Gasteiger partial charge in [0.2, 0.25) is 0 Å². The highest BCUT2D eigenvalue weighted by molar-refractivity contribution is 5.78. The topological polar surface area (TPSA) is 88.2 Å². The number of anilines is 1. The molecule has 3 aromatic carbocycles. The van der Waals surface area contributed by atoms with Crippen LogP contribution in [0.15, 0.2) is 79.0 Å². The standard InChI is InChI=1S/C14H13N.C12H14N2O2/c1-11-2-6-13(7-3-11)14-8-4-12(10-15)5-9-14;1-8-2-3-9-6-10(16-7-12(13)15)4-5-11(9)14-8/h2-10,15H,1H3;4-6,14H,1-3,7H2,(H2,13,15). The van der Waals surface area contributed by atoms with E-state index in [2.05, 4.69) is 43.1 Å². The lowest BCUT2D eigenvalue weighted by atomic mass is 10.0. The van der Waals surface area contributed by atoms with E-state index in [9.17, 15) is 4.79 Å². The Morgan fingerprint density at radius 2 is 1.71 bits per heavy atom. The van der Waals surface area contributed by atoms with Crippen molar-refractivity contribution in [1.82, 2.24) is 0 Å². The Balaban J connectivity index is 0.000000176. The van der Waals surface area contributed by atoms with Crippen molar-refractivity contribution in [3.8, 4) is 16.9 Å². The molecule has 4 N–H and O–H groups in total. The quantitative estimate of drug-likeness (QED) is 0.510. The number of nitrogens with one attached hydrogen (secondary N) is 2. The second kappa shape index (κ2) is 10.3. The van der Waals surface area contributed by atoms with E-state index in [1.54, 1.807) is 0 Å². The fourth-order valence-corrected chi connectivity index (χ4v) is 3.20. The van der Waals surface area contributed by atoms with Crippen molar-refractivity contribution >= 4 is 17.8 Å². The Labute approximate surface area is 183 Å². The Hall–Kier alpha value is -3.86. The van der Waals surface area contributed by atoms with Crippen molar-refractivity contribution in [3.63, 3.8) is 0 Å².